The normalized spacial score (nSPS) is 24.7. The van der Waals surface area contributed by atoms with E-state index in [0.717, 1.165) is 10.4 Å². The second kappa shape index (κ2) is 7.85. The van der Waals surface area contributed by atoms with Gasteiger partial charge in [-0.3, -0.25) is 0 Å². The van der Waals surface area contributed by atoms with Crippen LogP contribution < -0.4 is 10.4 Å². The summed E-state index contributed by atoms with van der Waals surface area (Å²) in [6.07, 6.45) is -1.55. The molecule has 4 nitrogen and oxygen atoms in total. The molecule has 2 N–H and O–H groups in total. The van der Waals surface area contributed by atoms with Crippen molar-refractivity contribution >= 4 is 18.4 Å². The van der Waals surface area contributed by atoms with Gasteiger partial charge in [0.25, 0.3) is 0 Å². The molecular weight excluding hydrogens is 356 g/mol. The van der Waals surface area contributed by atoms with Gasteiger partial charge in [-0.05, 0) is 5.04 Å². The summed E-state index contributed by atoms with van der Waals surface area (Å²) < 4.78 is 11.2. The van der Waals surface area contributed by atoms with E-state index in [9.17, 15) is 10.2 Å². The van der Waals surface area contributed by atoms with Gasteiger partial charge in [0.1, 0.15) is 6.10 Å². The molecule has 1 unspecified atom stereocenters. The molecule has 4 atom stereocenters. The zero-order valence-corrected chi connectivity index (χ0v) is 17.5. The van der Waals surface area contributed by atoms with E-state index in [-0.39, 0.29) is 5.04 Å². The average molecular weight is 387 g/mol. The number of aliphatic hydroxyl groups is 2. The van der Waals surface area contributed by atoms with E-state index in [4.69, 9.17) is 9.47 Å². The summed E-state index contributed by atoms with van der Waals surface area (Å²) >= 11 is 0. The number of methoxy groups -OCH3 is 1. The van der Waals surface area contributed by atoms with Gasteiger partial charge >= 0.3 is 0 Å². The number of benzene rings is 2. The van der Waals surface area contributed by atoms with Crippen molar-refractivity contribution in [2.75, 3.05) is 7.11 Å². The van der Waals surface area contributed by atoms with Crippen LogP contribution in [0.2, 0.25) is 5.04 Å². The fourth-order valence-electron chi connectivity index (χ4n) is 4.56. The van der Waals surface area contributed by atoms with E-state index < -0.39 is 32.3 Å². The first-order valence-electron chi connectivity index (χ1n) is 9.47. The van der Waals surface area contributed by atoms with Crippen LogP contribution >= 0.6 is 0 Å². The fourth-order valence-corrected chi connectivity index (χ4v) is 10.4. The highest BCUT2D eigenvalue weighted by Gasteiger charge is 2.58. The van der Waals surface area contributed by atoms with Gasteiger partial charge in [0.2, 0.25) is 0 Å². The molecule has 0 amide bonds. The minimum Gasteiger partial charge on any atom is -0.393 e. The predicted molar refractivity (Wildman–Crippen MR) is 110 cm³/mol. The van der Waals surface area contributed by atoms with E-state index in [1.54, 1.807) is 7.11 Å². The summed E-state index contributed by atoms with van der Waals surface area (Å²) in [5.41, 5.74) is -0.822. The molecule has 2 aromatic rings. The standard InChI is InChI=1S/C22H30O4Si/c1-22(2,3)27(16-11-7-5-8-12-16,17-13-9-6-10-14-17)21(24)20-18(23)15-19(25-4)26-20/h5-14,18-21,23-24H,15H2,1-4H3/t18-,19-,20-,21?/m0/s1. The van der Waals surface area contributed by atoms with E-state index in [1.165, 1.54) is 0 Å². The van der Waals surface area contributed by atoms with Gasteiger partial charge in [-0.25, -0.2) is 0 Å². The Morgan fingerprint density at radius 3 is 1.85 bits per heavy atom. The van der Waals surface area contributed by atoms with Crippen LogP contribution in [0.5, 0.6) is 0 Å². The topological polar surface area (TPSA) is 58.9 Å². The van der Waals surface area contributed by atoms with Crippen molar-refractivity contribution in [2.24, 2.45) is 0 Å². The van der Waals surface area contributed by atoms with Gasteiger partial charge in [0, 0.05) is 13.5 Å². The number of rotatable bonds is 5. The summed E-state index contributed by atoms with van der Waals surface area (Å²) in [6.45, 7) is 6.53. The Bertz CT molecular complexity index is 689. The van der Waals surface area contributed by atoms with Gasteiger partial charge in [0.15, 0.2) is 14.4 Å². The molecule has 0 radical (unpaired) electrons. The molecular formula is C22H30O4Si. The Hall–Kier alpha value is -1.50. The average Bonchev–Trinajstić information content (AvgIpc) is 3.04. The highest BCUT2D eigenvalue weighted by molar-refractivity contribution is 7.05. The predicted octanol–water partition coefficient (Wildman–Crippen LogP) is 2.07. The highest BCUT2D eigenvalue weighted by Crippen LogP contribution is 2.41. The van der Waals surface area contributed by atoms with Crippen molar-refractivity contribution in [1.29, 1.82) is 0 Å². The highest BCUT2D eigenvalue weighted by atomic mass is 28.3. The van der Waals surface area contributed by atoms with Crippen molar-refractivity contribution in [3.05, 3.63) is 60.7 Å². The second-order valence-corrected chi connectivity index (χ2v) is 13.2. The maximum atomic E-state index is 11.8. The van der Waals surface area contributed by atoms with E-state index in [0.29, 0.717) is 6.42 Å². The van der Waals surface area contributed by atoms with Crippen LogP contribution in [0.4, 0.5) is 0 Å². The van der Waals surface area contributed by atoms with Gasteiger partial charge in [-0.1, -0.05) is 91.8 Å². The summed E-state index contributed by atoms with van der Waals surface area (Å²) in [5, 5.41) is 24.5. The van der Waals surface area contributed by atoms with Crippen molar-refractivity contribution in [1.82, 2.24) is 0 Å². The van der Waals surface area contributed by atoms with E-state index >= 15 is 0 Å². The molecule has 0 spiro atoms. The summed E-state index contributed by atoms with van der Waals surface area (Å²) in [6, 6.07) is 20.4. The minimum absolute atomic E-state index is 0.219. The summed E-state index contributed by atoms with van der Waals surface area (Å²) in [5.74, 6) is 0. The van der Waals surface area contributed by atoms with Crippen LogP contribution in [0.1, 0.15) is 27.2 Å². The molecule has 1 aliphatic heterocycles. The molecule has 1 fully saturated rings. The monoisotopic (exact) mass is 386 g/mol. The van der Waals surface area contributed by atoms with Gasteiger partial charge in [0.05, 0.1) is 11.8 Å². The molecule has 1 aliphatic rings. The molecule has 2 aromatic carbocycles. The third-order valence-electron chi connectivity index (χ3n) is 5.78. The van der Waals surface area contributed by atoms with Crippen LogP contribution in [-0.2, 0) is 9.47 Å². The molecule has 0 aliphatic carbocycles. The zero-order chi connectivity index (χ0) is 19.7. The third-order valence-corrected chi connectivity index (χ3v) is 11.9. The lowest BCUT2D eigenvalue weighted by molar-refractivity contribution is -0.134. The fraction of sp³-hybridized carbons (Fsp3) is 0.455. The number of aliphatic hydroxyl groups excluding tert-OH is 2. The van der Waals surface area contributed by atoms with Crippen molar-refractivity contribution in [2.45, 2.75) is 56.5 Å². The van der Waals surface area contributed by atoms with Crippen LogP contribution in [0.15, 0.2) is 60.7 Å². The van der Waals surface area contributed by atoms with Gasteiger partial charge in [-0.2, -0.15) is 0 Å². The molecule has 5 heteroatoms. The molecule has 27 heavy (non-hydrogen) atoms. The molecule has 146 valence electrons. The zero-order valence-electron chi connectivity index (χ0n) is 16.5. The van der Waals surface area contributed by atoms with E-state index in [1.807, 2.05) is 36.4 Å². The molecule has 1 heterocycles. The van der Waals surface area contributed by atoms with Crippen LogP contribution in [0.3, 0.4) is 0 Å². The first kappa shape index (κ1) is 20.2. The van der Waals surface area contributed by atoms with Crippen molar-refractivity contribution in [3.8, 4) is 0 Å². The molecule has 0 saturated carbocycles. The first-order valence-corrected chi connectivity index (χ1v) is 11.6. The lowest BCUT2D eigenvalue weighted by Crippen LogP contribution is -2.74. The smallest absolute Gasteiger partial charge is 0.160 e. The summed E-state index contributed by atoms with van der Waals surface area (Å²) in [7, 11) is -1.22. The Balaban J connectivity index is 2.21. The van der Waals surface area contributed by atoms with Crippen LogP contribution in [0, 0.1) is 0 Å². The molecule has 1 saturated heterocycles. The summed E-state index contributed by atoms with van der Waals surface area (Å²) in [4.78, 5) is 0. The Morgan fingerprint density at radius 1 is 1.00 bits per heavy atom. The number of hydrogen-bond acceptors (Lipinski definition) is 4. The van der Waals surface area contributed by atoms with Crippen LogP contribution in [-0.4, -0.2) is 49.6 Å². The maximum absolute atomic E-state index is 11.8. The quantitative estimate of drug-likeness (QED) is 0.773. The maximum Gasteiger partial charge on any atom is 0.160 e. The van der Waals surface area contributed by atoms with Gasteiger partial charge in [-0.15, -0.1) is 0 Å². The Kier molecular flexibility index (Phi) is 5.89. The Labute approximate surface area is 162 Å². The second-order valence-electron chi connectivity index (χ2n) is 8.30. The largest absolute Gasteiger partial charge is 0.393 e. The lowest BCUT2D eigenvalue weighted by atomic mass is 10.2. The SMILES string of the molecule is CO[C@@H]1C[C@H](O)[C@@H](C(O)[Si](c2ccccc2)(c2ccccc2)C(C)(C)C)O1. The number of hydrogen-bond donors (Lipinski definition) is 2. The first-order chi connectivity index (χ1) is 12.8. The van der Waals surface area contributed by atoms with Crippen molar-refractivity contribution in [3.63, 3.8) is 0 Å². The van der Waals surface area contributed by atoms with Crippen LogP contribution in [0.25, 0.3) is 0 Å². The third kappa shape index (κ3) is 3.50. The molecule has 3 rings (SSSR count). The Morgan fingerprint density at radius 2 is 1.48 bits per heavy atom. The molecule has 0 bridgehead atoms. The minimum atomic E-state index is -2.79. The van der Waals surface area contributed by atoms with Gasteiger partial charge < -0.3 is 19.7 Å². The lowest BCUT2D eigenvalue weighted by Gasteiger charge is -2.48. The van der Waals surface area contributed by atoms with E-state index in [2.05, 4.69) is 45.0 Å². The van der Waals surface area contributed by atoms with Crippen molar-refractivity contribution < 1.29 is 19.7 Å². The molecule has 0 aromatic heterocycles. The number of ether oxygens (including phenoxy) is 2.